The first-order valence-corrected chi connectivity index (χ1v) is 5.85. The molecule has 1 heterocycles. The summed E-state index contributed by atoms with van der Waals surface area (Å²) in [4.78, 5) is 26.8. The Morgan fingerprint density at radius 1 is 1.33 bits per heavy atom. The van der Waals surface area contributed by atoms with Gasteiger partial charge in [-0.2, -0.15) is 0 Å². The number of carbonyl (C=O) groups is 2. The van der Waals surface area contributed by atoms with Gasteiger partial charge in [0.1, 0.15) is 0 Å². The van der Waals surface area contributed by atoms with Crippen LogP contribution in [0.3, 0.4) is 0 Å². The zero-order valence-corrected chi connectivity index (χ0v) is 9.24. The molecule has 4 nitrogen and oxygen atoms in total. The average Bonchev–Trinajstić information content (AvgIpc) is 3.01. The highest BCUT2D eigenvalue weighted by Gasteiger charge is 2.39. The fourth-order valence-electron chi connectivity index (χ4n) is 1.97. The number of imide groups is 1. The Hall–Kier alpha value is -1.06. The Kier molecular flexibility index (Phi) is 2.93. The predicted molar refractivity (Wildman–Crippen MR) is 56.4 cm³/mol. The third-order valence-corrected chi connectivity index (χ3v) is 3.07. The van der Waals surface area contributed by atoms with Crippen LogP contribution in [0.2, 0.25) is 0 Å². The summed E-state index contributed by atoms with van der Waals surface area (Å²) in [6.45, 7) is 3.29. The van der Waals surface area contributed by atoms with Gasteiger partial charge in [0.2, 0.25) is 5.91 Å². The third-order valence-electron chi connectivity index (χ3n) is 3.07. The molecule has 1 aliphatic heterocycles. The number of amides is 3. The molecule has 3 amide bonds. The van der Waals surface area contributed by atoms with Crippen LogP contribution in [-0.2, 0) is 4.79 Å². The molecule has 4 heteroatoms. The molecule has 0 aromatic rings. The molecular formula is C11H18N2O2. The second-order valence-corrected chi connectivity index (χ2v) is 4.36. The Morgan fingerprint density at radius 2 is 2.07 bits per heavy atom. The summed E-state index contributed by atoms with van der Waals surface area (Å²) in [5, 5.41) is 0. The first kappa shape index (κ1) is 10.5. The largest absolute Gasteiger partial charge is 0.326 e. The number of hydrogen-bond acceptors (Lipinski definition) is 2. The van der Waals surface area contributed by atoms with Crippen LogP contribution in [0.1, 0.15) is 39.0 Å². The fourth-order valence-corrected chi connectivity index (χ4v) is 1.97. The summed E-state index contributed by atoms with van der Waals surface area (Å²) in [6.07, 6.45) is 4.66. The van der Waals surface area contributed by atoms with Gasteiger partial charge in [-0.15, -0.1) is 0 Å². The molecule has 2 fully saturated rings. The minimum atomic E-state index is -0.0535. The van der Waals surface area contributed by atoms with E-state index in [-0.39, 0.29) is 11.9 Å². The van der Waals surface area contributed by atoms with Crippen molar-refractivity contribution in [1.82, 2.24) is 9.80 Å². The maximum Gasteiger partial charge on any atom is 0.326 e. The SMILES string of the molecule is CCCCN1C(=O)CCN(C2CC2)C1=O. The predicted octanol–water partition coefficient (Wildman–Crippen LogP) is 1.60. The standard InChI is InChI=1S/C11H18N2O2/c1-2-3-7-13-10(14)6-8-12(11(13)15)9-4-5-9/h9H,2-8H2,1H3. The molecule has 0 aromatic carbocycles. The van der Waals surface area contributed by atoms with Gasteiger partial charge in [-0.3, -0.25) is 9.69 Å². The van der Waals surface area contributed by atoms with Crippen LogP contribution in [0.4, 0.5) is 4.79 Å². The van der Waals surface area contributed by atoms with Crippen molar-refractivity contribution in [3.8, 4) is 0 Å². The molecule has 0 bridgehead atoms. The molecule has 1 saturated heterocycles. The number of hydrogen-bond donors (Lipinski definition) is 0. The number of urea groups is 1. The molecule has 2 aliphatic rings. The Labute approximate surface area is 90.2 Å². The van der Waals surface area contributed by atoms with Crippen molar-refractivity contribution in [2.75, 3.05) is 13.1 Å². The van der Waals surface area contributed by atoms with Crippen molar-refractivity contribution >= 4 is 11.9 Å². The smallest absolute Gasteiger partial charge is 0.321 e. The van der Waals surface area contributed by atoms with E-state index in [1.807, 2.05) is 4.90 Å². The lowest BCUT2D eigenvalue weighted by Gasteiger charge is -2.34. The van der Waals surface area contributed by atoms with Gasteiger partial charge in [0, 0.05) is 25.6 Å². The molecule has 2 rings (SSSR count). The minimum Gasteiger partial charge on any atom is -0.321 e. The first-order valence-electron chi connectivity index (χ1n) is 5.85. The van der Waals surface area contributed by atoms with Gasteiger partial charge in [-0.25, -0.2) is 4.79 Å². The fraction of sp³-hybridized carbons (Fsp3) is 0.818. The van der Waals surface area contributed by atoms with E-state index >= 15 is 0 Å². The van der Waals surface area contributed by atoms with Crippen LogP contribution < -0.4 is 0 Å². The van der Waals surface area contributed by atoms with E-state index in [0.717, 1.165) is 25.7 Å². The van der Waals surface area contributed by atoms with Gasteiger partial charge in [0.15, 0.2) is 0 Å². The topological polar surface area (TPSA) is 40.6 Å². The zero-order valence-electron chi connectivity index (χ0n) is 9.24. The highest BCUT2D eigenvalue weighted by Crippen LogP contribution is 2.29. The monoisotopic (exact) mass is 210 g/mol. The van der Waals surface area contributed by atoms with Gasteiger partial charge in [-0.1, -0.05) is 13.3 Å². The van der Waals surface area contributed by atoms with Crippen LogP contribution in [0, 0.1) is 0 Å². The number of unbranched alkanes of at least 4 members (excludes halogenated alkanes) is 1. The molecule has 15 heavy (non-hydrogen) atoms. The zero-order chi connectivity index (χ0) is 10.8. The molecular weight excluding hydrogens is 192 g/mol. The molecule has 1 saturated carbocycles. The summed E-state index contributed by atoms with van der Waals surface area (Å²) < 4.78 is 0. The molecule has 0 atom stereocenters. The van der Waals surface area contributed by atoms with Crippen LogP contribution in [0.25, 0.3) is 0 Å². The molecule has 1 aliphatic carbocycles. The highest BCUT2D eigenvalue weighted by atomic mass is 16.2. The third kappa shape index (κ3) is 2.13. The molecule has 0 N–H and O–H groups in total. The van der Waals surface area contributed by atoms with E-state index in [1.165, 1.54) is 4.90 Å². The van der Waals surface area contributed by atoms with Gasteiger partial charge in [0.05, 0.1) is 0 Å². The minimum absolute atomic E-state index is 0.00495. The van der Waals surface area contributed by atoms with Gasteiger partial charge < -0.3 is 4.90 Å². The quantitative estimate of drug-likeness (QED) is 0.707. The van der Waals surface area contributed by atoms with E-state index in [2.05, 4.69) is 6.92 Å². The van der Waals surface area contributed by atoms with Crippen molar-refractivity contribution in [2.45, 2.75) is 45.1 Å². The van der Waals surface area contributed by atoms with Crippen LogP contribution in [-0.4, -0.2) is 40.9 Å². The lowest BCUT2D eigenvalue weighted by Crippen LogP contribution is -2.53. The number of nitrogens with zero attached hydrogens (tertiary/aromatic N) is 2. The van der Waals surface area contributed by atoms with E-state index in [9.17, 15) is 9.59 Å². The normalized spacial score (nSPS) is 22.5. The van der Waals surface area contributed by atoms with Crippen LogP contribution in [0.15, 0.2) is 0 Å². The Bertz CT molecular complexity index is 274. The molecule has 0 radical (unpaired) electrons. The molecule has 0 spiro atoms. The first-order chi connectivity index (χ1) is 7.24. The lowest BCUT2D eigenvalue weighted by molar-refractivity contribution is -0.131. The summed E-state index contributed by atoms with van der Waals surface area (Å²) in [6, 6.07) is 0.372. The summed E-state index contributed by atoms with van der Waals surface area (Å²) in [5.41, 5.74) is 0. The average molecular weight is 210 g/mol. The van der Waals surface area contributed by atoms with E-state index in [0.29, 0.717) is 25.6 Å². The highest BCUT2D eigenvalue weighted by molar-refractivity contribution is 5.97. The van der Waals surface area contributed by atoms with Crippen LogP contribution >= 0.6 is 0 Å². The van der Waals surface area contributed by atoms with Crippen molar-refractivity contribution in [3.05, 3.63) is 0 Å². The maximum atomic E-state index is 12.0. The number of rotatable bonds is 4. The van der Waals surface area contributed by atoms with Crippen molar-refractivity contribution < 1.29 is 9.59 Å². The van der Waals surface area contributed by atoms with Gasteiger partial charge in [0.25, 0.3) is 0 Å². The summed E-state index contributed by atoms with van der Waals surface area (Å²) >= 11 is 0. The number of carbonyl (C=O) groups excluding carboxylic acids is 2. The van der Waals surface area contributed by atoms with Gasteiger partial charge >= 0.3 is 6.03 Å². The second kappa shape index (κ2) is 4.21. The van der Waals surface area contributed by atoms with Gasteiger partial charge in [-0.05, 0) is 19.3 Å². The van der Waals surface area contributed by atoms with Crippen LogP contribution in [0.5, 0.6) is 0 Å². The van der Waals surface area contributed by atoms with Crippen molar-refractivity contribution in [3.63, 3.8) is 0 Å². The van der Waals surface area contributed by atoms with E-state index in [1.54, 1.807) is 0 Å². The molecule has 0 unspecified atom stereocenters. The maximum absolute atomic E-state index is 12.0. The van der Waals surface area contributed by atoms with Crippen molar-refractivity contribution in [2.24, 2.45) is 0 Å². The Morgan fingerprint density at radius 3 is 2.67 bits per heavy atom. The lowest BCUT2D eigenvalue weighted by atomic mass is 10.2. The Balaban J connectivity index is 1.98. The summed E-state index contributed by atoms with van der Waals surface area (Å²) in [5.74, 6) is 0.00495. The van der Waals surface area contributed by atoms with E-state index in [4.69, 9.17) is 0 Å². The van der Waals surface area contributed by atoms with E-state index < -0.39 is 0 Å². The summed E-state index contributed by atoms with van der Waals surface area (Å²) in [7, 11) is 0. The second-order valence-electron chi connectivity index (χ2n) is 4.36. The molecule has 84 valence electrons. The van der Waals surface area contributed by atoms with Crippen molar-refractivity contribution in [1.29, 1.82) is 0 Å². The molecule has 0 aromatic heterocycles.